The fraction of sp³-hybridized carbons (Fsp3) is 0.316. The van der Waals surface area contributed by atoms with Crippen molar-refractivity contribution in [2.24, 2.45) is 0 Å². The van der Waals surface area contributed by atoms with E-state index in [1.807, 2.05) is 18.2 Å². The van der Waals surface area contributed by atoms with E-state index in [1.54, 1.807) is 13.0 Å². The van der Waals surface area contributed by atoms with Gasteiger partial charge in [0.25, 0.3) is 0 Å². The molecule has 2 aromatic rings. The fourth-order valence-electron chi connectivity index (χ4n) is 2.31. The number of carbonyl (C=O) groups excluding carboxylic acids is 1. The van der Waals surface area contributed by atoms with E-state index in [9.17, 15) is 4.79 Å². The molecule has 0 fully saturated rings. The van der Waals surface area contributed by atoms with Crippen molar-refractivity contribution in [1.82, 2.24) is 0 Å². The second-order valence-electron chi connectivity index (χ2n) is 5.40. The fourth-order valence-corrected chi connectivity index (χ4v) is 3.44. The molecule has 0 unspecified atom stereocenters. The Morgan fingerprint density at radius 1 is 1.21 bits per heavy atom. The van der Waals surface area contributed by atoms with Crippen LogP contribution in [0.15, 0.2) is 34.8 Å². The number of ether oxygens (including phenoxy) is 2. The first-order valence-electron chi connectivity index (χ1n) is 7.86. The molecule has 2 aromatic carbocycles. The van der Waals surface area contributed by atoms with E-state index < -0.39 is 0 Å². The topological polar surface area (TPSA) is 35.5 Å². The van der Waals surface area contributed by atoms with E-state index in [2.05, 4.69) is 58.4 Å². The maximum absolute atomic E-state index is 11.6. The van der Waals surface area contributed by atoms with Gasteiger partial charge in [-0.3, -0.25) is 4.79 Å². The van der Waals surface area contributed by atoms with Crippen molar-refractivity contribution in [3.8, 4) is 11.5 Å². The number of esters is 1. The van der Waals surface area contributed by atoms with Gasteiger partial charge in [0.15, 0.2) is 0 Å². The Labute approximate surface area is 165 Å². The Morgan fingerprint density at radius 2 is 1.96 bits per heavy atom. The van der Waals surface area contributed by atoms with Crippen LogP contribution >= 0.6 is 38.5 Å². The lowest BCUT2D eigenvalue weighted by molar-refractivity contribution is -0.134. The molecule has 0 N–H and O–H groups in total. The minimum atomic E-state index is -0.248. The van der Waals surface area contributed by atoms with E-state index >= 15 is 0 Å². The maximum Gasteiger partial charge on any atom is 0.310 e. The summed E-state index contributed by atoms with van der Waals surface area (Å²) < 4.78 is 13.4. The molecule has 0 aliphatic rings. The largest absolute Gasteiger partial charge is 0.488 e. The third-order valence-electron chi connectivity index (χ3n) is 3.73. The standard InChI is InChI=1S/C19H20BrIO3/c1-4-13-10-15(20)18(9-12(13)3)23-11-14-16(21)7-6-8-17(14)24-19(22)5-2/h6-10H,4-5,11H2,1-3H3. The third kappa shape index (κ3) is 4.72. The second kappa shape index (κ2) is 8.85. The summed E-state index contributed by atoms with van der Waals surface area (Å²) >= 11 is 5.80. The molecule has 0 atom stereocenters. The van der Waals surface area contributed by atoms with Gasteiger partial charge in [0.05, 0.1) is 4.47 Å². The van der Waals surface area contributed by atoms with Crippen LogP contribution in [0.2, 0.25) is 0 Å². The summed E-state index contributed by atoms with van der Waals surface area (Å²) in [6, 6.07) is 9.78. The van der Waals surface area contributed by atoms with Crippen molar-refractivity contribution >= 4 is 44.5 Å². The Balaban J connectivity index is 2.23. The molecule has 0 saturated heterocycles. The molecule has 0 saturated carbocycles. The Bertz CT molecular complexity index is 744. The number of hydrogen-bond acceptors (Lipinski definition) is 3. The first kappa shape index (κ1) is 19.2. The summed E-state index contributed by atoms with van der Waals surface area (Å²) in [5, 5.41) is 0. The second-order valence-corrected chi connectivity index (χ2v) is 7.41. The van der Waals surface area contributed by atoms with Gasteiger partial charge in [-0.2, -0.15) is 0 Å². The highest BCUT2D eigenvalue weighted by Crippen LogP contribution is 2.31. The van der Waals surface area contributed by atoms with Gasteiger partial charge in [-0.15, -0.1) is 0 Å². The van der Waals surface area contributed by atoms with Crippen LogP contribution in [0.4, 0.5) is 0 Å². The van der Waals surface area contributed by atoms with Crippen molar-refractivity contribution in [2.45, 2.75) is 40.2 Å². The van der Waals surface area contributed by atoms with Crippen molar-refractivity contribution in [2.75, 3.05) is 0 Å². The van der Waals surface area contributed by atoms with Crippen molar-refractivity contribution in [3.63, 3.8) is 0 Å². The van der Waals surface area contributed by atoms with E-state index in [4.69, 9.17) is 9.47 Å². The van der Waals surface area contributed by atoms with Crippen LogP contribution in [-0.2, 0) is 17.8 Å². The lowest BCUT2D eigenvalue weighted by atomic mass is 10.1. The highest BCUT2D eigenvalue weighted by molar-refractivity contribution is 14.1. The van der Waals surface area contributed by atoms with Crippen LogP contribution in [0.3, 0.4) is 0 Å². The monoisotopic (exact) mass is 502 g/mol. The molecule has 0 aliphatic carbocycles. The van der Waals surface area contributed by atoms with Gasteiger partial charge in [0.2, 0.25) is 0 Å². The molecule has 0 aromatic heterocycles. The highest BCUT2D eigenvalue weighted by atomic mass is 127. The molecule has 0 heterocycles. The van der Waals surface area contributed by atoms with Gasteiger partial charge in [-0.25, -0.2) is 0 Å². The molecular weight excluding hydrogens is 483 g/mol. The molecule has 0 amide bonds. The van der Waals surface area contributed by atoms with Gasteiger partial charge < -0.3 is 9.47 Å². The van der Waals surface area contributed by atoms with Crippen LogP contribution < -0.4 is 9.47 Å². The van der Waals surface area contributed by atoms with Crippen LogP contribution in [0, 0.1) is 10.5 Å². The minimum Gasteiger partial charge on any atom is -0.488 e. The maximum atomic E-state index is 11.6. The summed E-state index contributed by atoms with van der Waals surface area (Å²) in [6.45, 7) is 6.34. The van der Waals surface area contributed by atoms with Gasteiger partial charge in [0.1, 0.15) is 18.1 Å². The predicted molar refractivity (Wildman–Crippen MR) is 108 cm³/mol. The van der Waals surface area contributed by atoms with Crippen LogP contribution in [0.1, 0.15) is 37.0 Å². The van der Waals surface area contributed by atoms with Crippen LogP contribution in [0.25, 0.3) is 0 Å². The van der Waals surface area contributed by atoms with Gasteiger partial charge >= 0.3 is 5.97 Å². The number of benzene rings is 2. The lowest BCUT2D eigenvalue weighted by Crippen LogP contribution is -2.09. The van der Waals surface area contributed by atoms with Crippen LogP contribution in [0.5, 0.6) is 11.5 Å². The third-order valence-corrected chi connectivity index (χ3v) is 5.36. The summed E-state index contributed by atoms with van der Waals surface area (Å²) in [5.41, 5.74) is 3.38. The SMILES string of the molecule is CCC(=O)Oc1cccc(I)c1COc1cc(C)c(CC)cc1Br. The van der Waals surface area contributed by atoms with Crippen LogP contribution in [-0.4, -0.2) is 5.97 Å². The number of aryl methyl sites for hydroxylation is 2. The summed E-state index contributed by atoms with van der Waals surface area (Å²) in [6.07, 6.45) is 1.33. The number of rotatable bonds is 6. The first-order valence-corrected chi connectivity index (χ1v) is 9.73. The quantitative estimate of drug-likeness (QED) is 0.283. The molecule has 5 heteroatoms. The van der Waals surface area contributed by atoms with Crippen molar-refractivity contribution in [1.29, 1.82) is 0 Å². The normalized spacial score (nSPS) is 10.5. The van der Waals surface area contributed by atoms with E-state index in [0.717, 1.165) is 25.8 Å². The summed E-state index contributed by atoms with van der Waals surface area (Å²) in [7, 11) is 0. The van der Waals surface area contributed by atoms with Gasteiger partial charge in [0, 0.05) is 15.6 Å². The number of hydrogen-bond donors (Lipinski definition) is 0. The van der Waals surface area contributed by atoms with Crippen molar-refractivity contribution in [3.05, 3.63) is 55.1 Å². The molecule has 3 nitrogen and oxygen atoms in total. The molecule has 0 aliphatic heterocycles. The van der Waals surface area contributed by atoms with E-state index in [1.165, 1.54) is 11.1 Å². The highest BCUT2D eigenvalue weighted by Gasteiger charge is 2.13. The zero-order valence-electron chi connectivity index (χ0n) is 14.0. The first-order chi connectivity index (χ1) is 11.5. The Kier molecular flexibility index (Phi) is 7.10. The zero-order valence-corrected chi connectivity index (χ0v) is 17.7. The Hall–Kier alpha value is -1.08. The average Bonchev–Trinajstić information content (AvgIpc) is 2.56. The number of carbonyl (C=O) groups is 1. The van der Waals surface area contributed by atoms with Gasteiger partial charge in [-0.1, -0.05) is 19.9 Å². The zero-order chi connectivity index (χ0) is 17.7. The molecule has 0 radical (unpaired) electrons. The molecule has 2 rings (SSSR count). The molecule has 0 bridgehead atoms. The molecule has 0 spiro atoms. The molecular formula is C19H20BrIO3. The molecule has 128 valence electrons. The smallest absolute Gasteiger partial charge is 0.310 e. The number of halogens is 2. The summed E-state index contributed by atoms with van der Waals surface area (Å²) in [5.74, 6) is 1.10. The van der Waals surface area contributed by atoms with Crippen molar-refractivity contribution < 1.29 is 14.3 Å². The predicted octanol–water partition coefficient (Wildman–Crippen LogP) is 5.82. The van der Waals surface area contributed by atoms with E-state index in [0.29, 0.717) is 18.8 Å². The minimum absolute atomic E-state index is 0.248. The van der Waals surface area contributed by atoms with E-state index in [-0.39, 0.29) is 5.97 Å². The average molecular weight is 503 g/mol. The Morgan fingerprint density at radius 3 is 2.62 bits per heavy atom. The molecule has 24 heavy (non-hydrogen) atoms. The summed E-state index contributed by atoms with van der Waals surface area (Å²) in [4.78, 5) is 11.6. The van der Waals surface area contributed by atoms with Gasteiger partial charge in [-0.05, 0) is 87.3 Å². The lowest BCUT2D eigenvalue weighted by Gasteiger charge is -2.15.